The lowest BCUT2D eigenvalue weighted by molar-refractivity contribution is 0.0827. The molecule has 1 amide bonds. The highest BCUT2D eigenvalue weighted by molar-refractivity contribution is 7.59. The molecule has 16 heavy (non-hydrogen) atoms. The van der Waals surface area contributed by atoms with Crippen LogP contribution in [0.2, 0.25) is 0 Å². The summed E-state index contributed by atoms with van der Waals surface area (Å²) in [5.41, 5.74) is 0.734. The number of halogens is 2. The molecule has 0 heterocycles. The standard InChI is InChI=1S/C9H11NO.CCl2O.H2S/c1-10(2)9(11)8-6-4-3-5-7-8;2-1(3)4;/h3-7H,1-2H3;;1H2. The Morgan fingerprint density at radius 2 is 1.44 bits per heavy atom. The van der Waals surface area contributed by atoms with Crippen molar-refractivity contribution in [3.8, 4) is 0 Å². The van der Waals surface area contributed by atoms with Crippen LogP contribution in [0.25, 0.3) is 0 Å². The van der Waals surface area contributed by atoms with Crippen LogP contribution >= 0.6 is 36.7 Å². The quantitative estimate of drug-likeness (QED) is 0.742. The molecule has 3 nitrogen and oxygen atoms in total. The van der Waals surface area contributed by atoms with E-state index >= 15 is 0 Å². The Morgan fingerprint density at radius 3 is 1.75 bits per heavy atom. The fraction of sp³-hybridized carbons (Fsp3) is 0.200. The summed E-state index contributed by atoms with van der Waals surface area (Å²) in [5, 5.41) is 0. The minimum Gasteiger partial charge on any atom is -0.345 e. The van der Waals surface area contributed by atoms with Crippen LogP contribution in [0.1, 0.15) is 10.4 Å². The van der Waals surface area contributed by atoms with E-state index < -0.39 is 4.70 Å². The zero-order valence-electron chi connectivity index (χ0n) is 8.91. The molecule has 0 N–H and O–H groups in total. The molecule has 0 aliphatic heterocycles. The van der Waals surface area contributed by atoms with Crippen molar-refractivity contribution in [3.05, 3.63) is 35.9 Å². The largest absolute Gasteiger partial charge is 0.345 e. The van der Waals surface area contributed by atoms with Crippen LogP contribution in [0.5, 0.6) is 0 Å². The van der Waals surface area contributed by atoms with E-state index in [2.05, 4.69) is 23.2 Å². The van der Waals surface area contributed by atoms with Gasteiger partial charge >= 0.3 is 4.70 Å². The van der Waals surface area contributed by atoms with Gasteiger partial charge in [0.2, 0.25) is 0 Å². The van der Waals surface area contributed by atoms with Crippen LogP contribution < -0.4 is 0 Å². The number of benzene rings is 1. The minimum absolute atomic E-state index is 0. The molecule has 0 fully saturated rings. The molecule has 0 unspecified atom stereocenters. The number of hydrogen-bond acceptors (Lipinski definition) is 2. The predicted octanol–water partition coefficient (Wildman–Crippen LogP) is 3.09. The summed E-state index contributed by atoms with van der Waals surface area (Å²) < 4.78 is -0.889. The summed E-state index contributed by atoms with van der Waals surface area (Å²) in [7, 11) is 3.49. The van der Waals surface area contributed by atoms with Crippen LogP contribution in [0.15, 0.2) is 30.3 Å². The summed E-state index contributed by atoms with van der Waals surface area (Å²) in [6, 6.07) is 9.23. The van der Waals surface area contributed by atoms with Crippen LogP contribution in [-0.4, -0.2) is 29.6 Å². The number of nitrogens with zero attached hydrogens (tertiary/aromatic N) is 1. The molecule has 6 heteroatoms. The lowest BCUT2D eigenvalue weighted by Gasteiger charge is -2.08. The van der Waals surface area contributed by atoms with Crippen molar-refractivity contribution in [3.63, 3.8) is 0 Å². The third kappa shape index (κ3) is 8.59. The first-order valence-corrected chi connectivity index (χ1v) is 4.82. The average Bonchev–Trinajstić information content (AvgIpc) is 2.17. The molecule has 90 valence electrons. The Hall–Kier alpha value is -0.710. The minimum atomic E-state index is -0.889. The van der Waals surface area contributed by atoms with Gasteiger partial charge in [0.25, 0.3) is 5.91 Å². The first kappa shape index (κ1) is 17.7. The molecule has 0 aliphatic rings. The molecule has 0 saturated carbocycles. The highest BCUT2D eigenvalue weighted by atomic mass is 35.5. The third-order valence-corrected chi connectivity index (χ3v) is 1.43. The lowest BCUT2D eigenvalue weighted by atomic mass is 10.2. The van der Waals surface area contributed by atoms with Gasteiger partial charge in [-0.15, -0.1) is 0 Å². The summed E-state index contributed by atoms with van der Waals surface area (Å²) >= 11 is 8.80. The fourth-order valence-electron chi connectivity index (χ4n) is 0.839. The van der Waals surface area contributed by atoms with Gasteiger partial charge in [0.05, 0.1) is 0 Å². The molecule has 0 saturated heterocycles. The van der Waals surface area contributed by atoms with Gasteiger partial charge in [0, 0.05) is 19.7 Å². The zero-order valence-corrected chi connectivity index (χ0v) is 11.4. The van der Waals surface area contributed by atoms with Crippen molar-refractivity contribution < 1.29 is 9.59 Å². The SMILES string of the molecule is CN(C)C(=O)c1ccccc1.O=C(Cl)Cl.S. The van der Waals surface area contributed by atoms with Gasteiger partial charge in [-0.3, -0.25) is 9.59 Å². The maximum Gasteiger partial charge on any atom is 0.313 e. The Balaban J connectivity index is 0. The zero-order chi connectivity index (χ0) is 11.8. The van der Waals surface area contributed by atoms with E-state index in [0.717, 1.165) is 5.56 Å². The summed E-state index contributed by atoms with van der Waals surface area (Å²) in [5.74, 6) is 0.0469. The van der Waals surface area contributed by atoms with Crippen molar-refractivity contribution in [2.24, 2.45) is 0 Å². The van der Waals surface area contributed by atoms with Gasteiger partial charge in [0.15, 0.2) is 0 Å². The average molecular weight is 282 g/mol. The van der Waals surface area contributed by atoms with Crippen molar-refractivity contribution in [1.29, 1.82) is 0 Å². The van der Waals surface area contributed by atoms with Gasteiger partial charge in [0.1, 0.15) is 0 Å². The van der Waals surface area contributed by atoms with Crippen LogP contribution in [-0.2, 0) is 0 Å². The molecule has 1 aromatic rings. The smallest absolute Gasteiger partial charge is 0.313 e. The van der Waals surface area contributed by atoms with Crippen molar-refractivity contribution in [1.82, 2.24) is 4.90 Å². The molecule has 0 aromatic heterocycles. The van der Waals surface area contributed by atoms with Gasteiger partial charge in [-0.25, -0.2) is 0 Å². The number of hydrogen-bond donors (Lipinski definition) is 0. The van der Waals surface area contributed by atoms with Crippen molar-refractivity contribution in [2.45, 2.75) is 0 Å². The Labute approximate surface area is 112 Å². The molecule has 0 radical (unpaired) electrons. The second kappa shape index (κ2) is 9.51. The molecule has 1 rings (SSSR count). The molecule has 1 aromatic carbocycles. The van der Waals surface area contributed by atoms with Gasteiger partial charge in [-0.2, -0.15) is 13.5 Å². The van der Waals surface area contributed by atoms with Gasteiger partial charge < -0.3 is 4.90 Å². The molecule has 0 aliphatic carbocycles. The second-order valence-electron chi connectivity index (χ2n) is 2.79. The highest BCUT2D eigenvalue weighted by Gasteiger charge is 2.04. The topological polar surface area (TPSA) is 37.4 Å². The van der Waals surface area contributed by atoms with Gasteiger partial charge in [-0.1, -0.05) is 18.2 Å². The Morgan fingerprint density at radius 1 is 1.06 bits per heavy atom. The highest BCUT2D eigenvalue weighted by Crippen LogP contribution is 2.00. The van der Waals surface area contributed by atoms with E-state index in [1.165, 1.54) is 0 Å². The molecule has 0 spiro atoms. The summed E-state index contributed by atoms with van der Waals surface area (Å²) in [6.45, 7) is 0. The number of carbonyl (C=O) groups excluding carboxylic acids is 2. The van der Waals surface area contributed by atoms with Crippen LogP contribution in [0.3, 0.4) is 0 Å². The number of amides is 1. The number of rotatable bonds is 1. The Bertz CT molecular complexity index is 327. The van der Waals surface area contributed by atoms with Crippen LogP contribution in [0.4, 0.5) is 4.79 Å². The molecule has 0 bridgehead atoms. The number of carbonyl (C=O) groups is 2. The Kier molecular flexibility index (Phi) is 10.5. The fourth-order valence-corrected chi connectivity index (χ4v) is 0.839. The van der Waals surface area contributed by atoms with E-state index in [1.54, 1.807) is 19.0 Å². The van der Waals surface area contributed by atoms with Crippen LogP contribution in [0, 0.1) is 0 Å². The molecular formula is C10H13Cl2NO2S. The van der Waals surface area contributed by atoms with Crippen molar-refractivity contribution in [2.75, 3.05) is 14.1 Å². The summed E-state index contributed by atoms with van der Waals surface area (Å²) in [4.78, 5) is 21.8. The van der Waals surface area contributed by atoms with E-state index in [1.807, 2.05) is 30.3 Å². The second-order valence-corrected chi connectivity index (χ2v) is 3.67. The normalized spacial score (nSPS) is 8.00. The van der Waals surface area contributed by atoms with E-state index in [-0.39, 0.29) is 19.4 Å². The monoisotopic (exact) mass is 281 g/mol. The molecule has 0 atom stereocenters. The van der Waals surface area contributed by atoms with E-state index in [4.69, 9.17) is 4.79 Å². The first-order chi connectivity index (χ1) is 6.95. The lowest BCUT2D eigenvalue weighted by Crippen LogP contribution is -2.21. The summed E-state index contributed by atoms with van der Waals surface area (Å²) in [6.07, 6.45) is 0. The maximum atomic E-state index is 11.3. The third-order valence-electron chi connectivity index (χ3n) is 1.43. The predicted molar refractivity (Wildman–Crippen MR) is 71.9 cm³/mol. The van der Waals surface area contributed by atoms with Crippen molar-refractivity contribution >= 4 is 47.3 Å². The van der Waals surface area contributed by atoms with E-state index in [0.29, 0.717) is 0 Å². The molecular weight excluding hydrogens is 269 g/mol. The van der Waals surface area contributed by atoms with E-state index in [9.17, 15) is 4.79 Å². The van der Waals surface area contributed by atoms with Gasteiger partial charge in [-0.05, 0) is 35.3 Å². The maximum absolute atomic E-state index is 11.3. The first-order valence-electron chi connectivity index (χ1n) is 4.06.